The first-order valence-corrected chi connectivity index (χ1v) is 9.75. The lowest BCUT2D eigenvalue weighted by molar-refractivity contribution is 0.0949. The third kappa shape index (κ3) is 4.18. The third-order valence-electron chi connectivity index (χ3n) is 5.06. The molecule has 7 nitrogen and oxygen atoms in total. The summed E-state index contributed by atoms with van der Waals surface area (Å²) in [6.45, 7) is 3.98. The molecular weight excluding hydrogens is 397 g/mol. The van der Waals surface area contributed by atoms with Gasteiger partial charge in [0.15, 0.2) is 5.82 Å². The highest BCUT2D eigenvalue weighted by atomic mass is 19.1. The zero-order valence-electron chi connectivity index (χ0n) is 17.4. The molecule has 4 rings (SSSR count). The van der Waals surface area contributed by atoms with Crippen LogP contribution in [0.15, 0.2) is 54.6 Å². The van der Waals surface area contributed by atoms with Gasteiger partial charge in [-0.05, 0) is 68.4 Å². The number of benzene rings is 2. The van der Waals surface area contributed by atoms with Gasteiger partial charge < -0.3 is 14.6 Å². The highest BCUT2D eigenvalue weighted by Crippen LogP contribution is 2.22. The minimum absolute atomic E-state index is 0.211. The number of H-pyrrole nitrogens is 1. The molecule has 158 valence electrons. The summed E-state index contributed by atoms with van der Waals surface area (Å²) in [4.78, 5) is 17.2. The van der Waals surface area contributed by atoms with E-state index in [1.54, 1.807) is 19.2 Å². The van der Waals surface area contributed by atoms with Crippen LogP contribution in [-0.4, -0.2) is 32.8 Å². The van der Waals surface area contributed by atoms with Gasteiger partial charge >= 0.3 is 0 Å². The summed E-state index contributed by atoms with van der Waals surface area (Å²) in [6, 6.07) is 15.4. The SMILES string of the molecule is COc1ccc(-c2n[nH]c(CNC(=O)c3cc(C)n(-c4ccc(F)cc4)c3C)n2)cc1. The zero-order chi connectivity index (χ0) is 22.0. The molecule has 2 heterocycles. The van der Waals surface area contributed by atoms with Crippen molar-refractivity contribution in [2.45, 2.75) is 20.4 Å². The summed E-state index contributed by atoms with van der Waals surface area (Å²) in [6.07, 6.45) is 0. The Morgan fingerprint density at radius 2 is 1.84 bits per heavy atom. The second-order valence-corrected chi connectivity index (χ2v) is 7.11. The van der Waals surface area contributed by atoms with Crippen molar-refractivity contribution in [3.8, 4) is 22.8 Å². The van der Waals surface area contributed by atoms with E-state index < -0.39 is 0 Å². The Labute approximate surface area is 178 Å². The van der Waals surface area contributed by atoms with E-state index in [4.69, 9.17) is 4.74 Å². The number of hydrogen-bond acceptors (Lipinski definition) is 4. The molecule has 31 heavy (non-hydrogen) atoms. The van der Waals surface area contributed by atoms with Crippen LogP contribution < -0.4 is 10.1 Å². The quantitative estimate of drug-likeness (QED) is 0.496. The van der Waals surface area contributed by atoms with E-state index in [0.717, 1.165) is 28.4 Å². The number of nitrogens with one attached hydrogen (secondary N) is 2. The first kappa shape index (κ1) is 20.3. The van der Waals surface area contributed by atoms with Crippen LogP contribution in [0.25, 0.3) is 17.1 Å². The average molecular weight is 419 g/mol. The van der Waals surface area contributed by atoms with Crippen molar-refractivity contribution in [2.75, 3.05) is 7.11 Å². The molecule has 8 heteroatoms. The van der Waals surface area contributed by atoms with Crippen molar-refractivity contribution in [1.82, 2.24) is 25.1 Å². The monoisotopic (exact) mass is 419 g/mol. The molecule has 0 atom stereocenters. The van der Waals surface area contributed by atoms with Crippen molar-refractivity contribution >= 4 is 5.91 Å². The molecule has 0 unspecified atom stereocenters. The number of methoxy groups -OCH3 is 1. The molecule has 0 saturated heterocycles. The maximum Gasteiger partial charge on any atom is 0.253 e. The minimum atomic E-state index is -0.301. The second-order valence-electron chi connectivity index (χ2n) is 7.11. The smallest absolute Gasteiger partial charge is 0.253 e. The molecule has 0 bridgehead atoms. The third-order valence-corrected chi connectivity index (χ3v) is 5.06. The molecule has 2 aromatic carbocycles. The predicted molar refractivity (Wildman–Crippen MR) is 115 cm³/mol. The largest absolute Gasteiger partial charge is 0.497 e. The number of aromatic amines is 1. The molecule has 1 amide bonds. The normalized spacial score (nSPS) is 10.8. The van der Waals surface area contributed by atoms with E-state index in [1.165, 1.54) is 12.1 Å². The van der Waals surface area contributed by atoms with Crippen LogP contribution in [0.3, 0.4) is 0 Å². The van der Waals surface area contributed by atoms with Crippen molar-refractivity contribution in [2.24, 2.45) is 0 Å². The fraction of sp³-hybridized carbons (Fsp3) is 0.174. The lowest BCUT2D eigenvalue weighted by Crippen LogP contribution is -2.24. The summed E-state index contributed by atoms with van der Waals surface area (Å²) >= 11 is 0. The summed E-state index contributed by atoms with van der Waals surface area (Å²) in [5.41, 5.74) is 3.86. The molecule has 0 fully saturated rings. The fourth-order valence-electron chi connectivity index (χ4n) is 3.48. The van der Waals surface area contributed by atoms with Crippen LogP contribution in [0.5, 0.6) is 5.75 Å². The van der Waals surface area contributed by atoms with E-state index in [0.29, 0.717) is 17.2 Å². The molecule has 2 aromatic heterocycles. The molecule has 0 saturated carbocycles. The van der Waals surface area contributed by atoms with Gasteiger partial charge in [0.25, 0.3) is 5.91 Å². The number of aromatic nitrogens is 4. The van der Waals surface area contributed by atoms with E-state index in [9.17, 15) is 9.18 Å². The number of nitrogens with zero attached hydrogens (tertiary/aromatic N) is 3. The lowest BCUT2D eigenvalue weighted by atomic mass is 10.2. The van der Waals surface area contributed by atoms with Gasteiger partial charge in [0.05, 0.1) is 19.2 Å². The van der Waals surface area contributed by atoms with Gasteiger partial charge in [0.1, 0.15) is 17.4 Å². The van der Waals surface area contributed by atoms with Crippen molar-refractivity contribution in [3.63, 3.8) is 0 Å². The Morgan fingerprint density at radius 1 is 1.13 bits per heavy atom. The first-order chi connectivity index (χ1) is 15.0. The fourth-order valence-corrected chi connectivity index (χ4v) is 3.48. The maximum atomic E-state index is 13.2. The van der Waals surface area contributed by atoms with Crippen LogP contribution in [0, 0.1) is 19.7 Å². The summed E-state index contributed by atoms with van der Waals surface area (Å²) in [5.74, 6) is 1.33. The van der Waals surface area contributed by atoms with Crippen LogP contribution in [0.2, 0.25) is 0 Å². The number of carbonyl (C=O) groups is 1. The van der Waals surface area contributed by atoms with E-state index in [-0.39, 0.29) is 18.3 Å². The number of amides is 1. The van der Waals surface area contributed by atoms with Gasteiger partial charge in [-0.2, -0.15) is 5.10 Å². The number of rotatable bonds is 6. The Balaban J connectivity index is 1.46. The second kappa shape index (κ2) is 8.43. The van der Waals surface area contributed by atoms with Gasteiger partial charge in [-0.15, -0.1) is 0 Å². The van der Waals surface area contributed by atoms with Crippen molar-refractivity contribution in [3.05, 3.63) is 83.2 Å². The molecule has 4 aromatic rings. The van der Waals surface area contributed by atoms with Gasteiger partial charge in [-0.3, -0.25) is 9.89 Å². The summed E-state index contributed by atoms with van der Waals surface area (Å²) in [5, 5.41) is 9.94. The van der Waals surface area contributed by atoms with Crippen LogP contribution in [-0.2, 0) is 6.54 Å². The van der Waals surface area contributed by atoms with Crippen molar-refractivity contribution < 1.29 is 13.9 Å². The number of hydrogen-bond donors (Lipinski definition) is 2. The van der Waals surface area contributed by atoms with Crippen molar-refractivity contribution in [1.29, 1.82) is 0 Å². The zero-order valence-corrected chi connectivity index (χ0v) is 17.4. The van der Waals surface area contributed by atoms with Gasteiger partial charge in [0.2, 0.25) is 0 Å². The van der Waals surface area contributed by atoms with Gasteiger partial charge in [-0.1, -0.05) is 0 Å². The molecule has 2 N–H and O–H groups in total. The minimum Gasteiger partial charge on any atom is -0.497 e. The summed E-state index contributed by atoms with van der Waals surface area (Å²) < 4.78 is 20.3. The Morgan fingerprint density at radius 3 is 2.52 bits per heavy atom. The first-order valence-electron chi connectivity index (χ1n) is 9.75. The molecule has 0 aliphatic carbocycles. The van der Waals surface area contributed by atoms with Crippen LogP contribution in [0.1, 0.15) is 27.6 Å². The highest BCUT2D eigenvalue weighted by molar-refractivity contribution is 5.95. The lowest BCUT2D eigenvalue weighted by Gasteiger charge is -2.10. The van der Waals surface area contributed by atoms with Crippen LogP contribution in [0.4, 0.5) is 4.39 Å². The standard InChI is InChI=1S/C23H22FN5O2/c1-14-12-20(15(2)29(14)18-8-6-17(24)7-9-18)23(30)25-13-21-26-22(28-27-21)16-4-10-19(31-3)11-5-16/h4-12H,13H2,1-3H3,(H,25,30)(H,26,27,28). The average Bonchev–Trinajstić information content (AvgIpc) is 3.37. The number of carbonyl (C=O) groups excluding carboxylic acids is 1. The molecular formula is C23H22FN5O2. The highest BCUT2D eigenvalue weighted by Gasteiger charge is 2.17. The van der Waals surface area contributed by atoms with Gasteiger partial charge in [0, 0.05) is 22.6 Å². The Hall–Kier alpha value is -3.94. The molecule has 0 aliphatic heterocycles. The van der Waals surface area contributed by atoms with E-state index in [1.807, 2.05) is 48.7 Å². The summed E-state index contributed by atoms with van der Waals surface area (Å²) in [7, 11) is 1.61. The molecule has 0 aliphatic rings. The Kier molecular flexibility index (Phi) is 5.53. The predicted octanol–water partition coefficient (Wildman–Crippen LogP) is 3.96. The Bertz CT molecular complexity index is 1210. The number of halogens is 1. The molecule has 0 radical (unpaired) electrons. The number of ether oxygens (including phenoxy) is 1. The maximum absolute atomic E-state index is 13.2. The molecule has 0 spiro atoms. The van der Waals surface area contributed by atoms with E-state index >= 15 is 0 Å². The van der Waals surface area contributed by atoms with Gasteiger partial charge in [-0.25, -0.2) is 9.37 Å². The van der Waals surface area contributed by atoms with Crippen LogP contribution >= 0.6 is 0 Å². The number of aryl methyl sites for hydroxylation is 1. The van der Waals surface area contributed by atoms with E-state index in [2.05, 4.69) is 20.5 Å². The topological polar surface area (TPSA) is 84.8 Å².